The first kappa shape index (κ1) is 6.01. The molecule has 3 N–H and O–H groups in total. The van der Waals surface area contributed by atoms with Crippen molar-refractivity contribution in [1.82, 2.24) is 5.43 Å². The van der Waals surface area contributed by atoms with E-state index in [1.807, 2.05) is 0 Å². The monoisotopic (exact) mass is 99.1 g/mol. The second kappa shape index (κ2) is 3.21. The molecule has 0 heterocycles. The number of hydrogen-bond acceptors (Lipinski definition) is 3. The Morgan fingerprint density at radius 3 is 2.71 bits per heavy atom. The molecule has 7 heavy (non-hydrogen) atoms. The third-order valence-corrected chi connectivity index (χ3v) is 0.384. The van der Waals surface area contributed by atoms with E-state index in [9.17, 15) is 0 Å². The van der Waals surface area contributed by atoms with E-state index in [4.69, 9.17) is 5.73 Å². The van der Waals surface area contributed by atoms with Gasteiger partial charge in [0.2, 0.25) is 0 Å². The number of allylic oxidation sites excluding steroid dienone is 1. The lowest BCUT2D eigenvalue weighted by Crippen LogP contribution is -1.98. The topological polar surface area (TPSA) is 50.4 Å². The number of nitrogens with two attached hydrogens (primary N) is 1. The molecule has 0 radical (unpaired) electrons. The maximum atomic E-state index is 5.19. The Hall–Kier alpha value is -0.990. The van der Waals surface area contributed by atoms with E-state index in [1.54, 1.807) is 13.1 Å². The molecule has 0 unspecified atom stereocenters. The van der Waals surface area contributed by atoms with Gasteiger partial charge in [0, 0.05) is 18.6 Å². The summed E-state index contributed by atoms with van der Waals surface area (Å²) in [4.78, 5) is 0. The molecule has 0 saturated heterocycles. The molecule has 0 rings (SSSR count). The van der Waals surface area contributed by atoms with Gasteiger partial charge in [-0.05, 0) is 6.92 Å². The third-order valence-electron chi connectivity index (χ3n) is 0.384. The van der Waals surface area contributed by atoms with Crippen LogP contribution < -0.4 is 11.2 Å². The summed E-state index contributed by atoms with van der Waals surface area (Å²) in [5.41, 5.74) is 8.35. The van der Waals surface area contributed by atoms with Crippen molar-refractivity contribution in [2.24, 2.45) is 10.8 Å². The van der Waals surface area contributed by atoms with Crippen molar-refractivity contribution in [3.63, 3.8) is 0 Å². The first-order valence-corrected chi connectivity index (χ1v) is 1.91. The van der Waals surface area contributed by atoms with E-state index in [0.717, 1.165) is 0 Å². The van der Waals surface area contributed by atoms with Crippen molar-refractivity contribution in [2.75, 3.05) is 0 Å². The Morgan fingerprint density at radius 1 is 2.00 bits per heavy atom. The zero-order valence-electron chi connectivity index (χ0n) is 4.31. The van der Waals surface area contributed by atoms with E-state index < -0.39 is 0 Å². The highest BCUT2D eigenvalue weighted by atomic mass is 15.3. The molecule has 0 aliphatic heterocycles. The third kappa shape index (κ3) is 5.01. The van der Waals surface area contributed by atoms with Crippen LogP contribution in [0.2, 0.25) is 0 Å². The Balaban J connectivity index is 3.25. The number of hydrogen-bond donors (Lipinski definition) is 2. The normalized spacial score (nSPS) is 10.7. The van der Waals surface area contributed by atoms with Gasteiger partial charge in [0.25, 0.3) is 0 Å². The van der Waals surface area contributed by atoms with Crippen molar-refractivity contribution in [1.29, 1.82) is 0 Å². The number of rotatable bonds is 2. The van der Waals surface area contributed by atoms with Crippen LogP contribution in [0.15, 0.2) is 17.0 Å². The maximum Gasteiger partial charge on any atom is 0.0384 e. The molecule has 3 nitrogen and oxygen atoms in total. The lowest BCUT2D eigenvalue weighted by atomic mass is 10.6. The predicted octanol–water partition coefficient (Wildman–Crippen LogP) is 0.0116. The largest absolute Gasteiger partial charge is 0.401 e. The summed E-state index contributed by atoms with van der Waals surface area (Å²) in [5, 5.41) is 3.32. The predicted molar refractivity (Wildman–Crippen MR) is 30.6 cm³/mol. The van der Waals surface area contributed by atoms with Crippen molar-refractivity contribution in [2.45, 2.75) is 6.92 Å². The van der Waals surface area contributed by atoms with Gasteiger partial charge in [0.15, 0.2) is 0 Å². The molecule has 0 bridgehead atoms. The molecule has 0 amide bonds. The molecular weight excluding hydrogens is 90.1 g/mol. The standard InChI is InChI=1S/C4H9N3/c1-4(5)3-7-6-2/h3,7H,2,5H2,1H3/b4-3-. The minimum atomic E-state index is 0.687. The van der Waals surface area contributed by atoms with Gasteiger partial charge in [0.05, 0.1) is 0 Å². The fraction of sp³-hybridized carbons (Fsp3) is 0.250. The van der Waals surface area contributed by atoms with Crippen LogP contribution in [0.3, 0.4) is 0 Å². The Bertz CT molecular complexity index is 80.9. The molecule has 0 fully saturated rings. The lowest BCUT2D eigenvalue weighted by Gasteiger charge is -1.86. The van der Waals surface area contributed by atoms with Gasteiger partial charge in [-0.2, -0.15) is 5.10 Å². The average molecular weight is 99.1 g/mol. The summed E-state index contributed by atoms with van der Waals surface area (Å²) in [6, 6.07) is 0. The molecule has 0 aromatic rings. The van der Waals surface area contributed by atoms with Crippen LogP contribution >= 0.6 is 0 Å². The SMILES string of the molecule is C=NN/C=C(/C)N. The van der Waals surface area contributed by atoms with E-state index >= 15 is 0 Å². The van der Waals surface area contributed by atoms with Crippen molar-refractivity contribution in [3.05, 3.63) is 11.9 Å². The van der Waals surface area contributed by atoms with Crippen LogP contribution in [0.25, 0.3) is 0 Å². The summed E-state index contributed by atoms with van der Waals surface area (Å²) >= 11 is 0. The zero-order chi connectivity index (χ0) is 5.70. The molecule has 0 saturated carbocycles. The van der Waals surface area contributed by atoms with E-state index in [2.05, 4.69) is 17.2 Å². The van der Waals surface area contributed by atoms with Crippen molar-refractivity contribution < 1.29 is 0 Å². The Kier molecular flexibility index (Phi) is 2.76. The van der Waals surface area contributed by atoms with Gasteiger partial charge >= 0.3 is 0 Å². The van der Waals surface area contributed by atoms with Crippen LogP contribution in [0.4, 0.5) is 0 Å². The molecule has 0 aliphatic rings. The first-order chi connectivity index (χ1) is 3.27. The second-order valence-corrected chi connectivity index (χ2v) is 1.18. The van der Waals surface area contributed by atoms with Crippen molar-refractivity contribution >= 4 is 6.72 Å². The summed E-state index contributed by atoms with van der Waals surface area (Å²) in [5.74, 6) is 0. The van der Waals surface area contributed by atoms with Crippen LogP contribution in [-0.2, 0) is 0 Å². The quantitative estimate of drug-likeness (QED) is 0.378. The van der Waals surface area contributed by atoms with Crippen LogP contribution in [0.1, 0.15) is 6.92 Å². The van der Waals surface area contributed by atoms with Gasteiger partial charge in [-0.25, -0.2) is 0 Å². The Morgan fingerprint density at radius 2 is 2.57 bits per heavy atom. The fourth-order valence-corrected chi connectivity index (χ4v) is 0.147. The lowest BCUT2D eigenvalue weighted by molar-refractivity contribution is 0.959. The highest BCUT2D eigenvalue weighted by molar-refractivity contribution is 5.22. The van der Waals surface area contributed by atoms with Crippen LogP contribution in [0, 0.1) is 0 Å². The van der Waals surface area contributed by atoms with Crippen LogP contribution in [0.5, 0.6) is 0 Å². The molecule has 0 atom stereocenters. The molecular formula is C4H9N3. The van der Waals surface area contributed by atoms with Gasteiger partial charge in [-0.15, -0.1) is 0 Å². The molecule has 40 valence electrons. The van der Waals surface area contributed by atoms with Gasteiger partial charge in [0.1, 0.15) is 0 Å². The Labute approximate surface area is 42.9 Å². The molecule has 0 aromatic carbocycles. The molecule has 0 aliphatic carbocycles. The summed E-state index contributed by atoms with van der Waals surface area (Å²) in [6.45, 7) is 4.93. The minimum Gasteiger partial charge on any atom is -0.401 e. The minimum absolute atomic E-state index is 0.687. The fourth-order valence-electron chi connectivity index (χ4n) is 0.147. The average Bonchev–Trinajstić information content (AvgIpc) is 1.61. The van der Waals surface area contributed by atoms with Crippen LogP contribution in [-0.4, -0.2) is 6.72 Å². The molecule has 0 aromatic heterocycles. The van der Waals surface area contributed by atoms with Gasteiger partial charge in [-0.1, -0.05) is 0 Å². The number of nitrogens with one attached hydrogen (secondary N) is 1. The number of nitrogens with zero attached hydrogens (tertiary/aromatic N) is 1. The smallest absolute Gasteiger partial charge is 0.0384 e. The first-order valence-electron chi connectivity index (χ1n) is 1.91. The molecule has 3 heteroatoms. The van der Waals surface area contributed by atoms with E-state index in [-0.39, 0.29) is 0 Å². The molecule has 0 spiro atoms. The summed E-state index contributed by atoms with van der Waals surface area (Å²) in [6.07, 6.45) is 1.56. The maximum absolute atomic E-state index is 5.19. The highest BCUT2D eigenvalue weighted by Crippen LogP contribution is 1.70. The van der Waals surface area contributed by atoms with Crippen molar-refractivity contribution in [3.8, 4) is 0 Å². The zero-order valence-corrected chi connectivity index (χ0v) is 4.31. The van der Waals surface area contributed by atoms with Gasteiger partial charge in [-0.3, -0.25) is 5.43 Å². The summed E-state index contributed by atoms with van der Waals surface area (Å²) in [7, 11) is 0. The second-order valence-electron chi connectivity index (χ2n) is 1.18. The highest BCUT2D eigenvalue weighted by Gasteiger charge is 1.67. The number of hydrazone groups is 1. The van der Waals surface area contributed by atoms with Gasteiger partial charge < -0.3 is 5.73 Å². The van der Waals surface area contributed by atoms with E-state index in [1.165, 1.54) is 0 Å². The van der Waals surface area contributed by atoms with E-state index in [0.29, 0.717) is 5.70 Å². The summed E-state index contributed by atoms with van der Waals surface area (Å²) < 4.78 is 0.